The van der Waals surface area contributed by atoms with Crippen molar-refractivity contribution in [2.75, 3.05) is 20.4 Å². The molecule has 43 heavy (non-hydrogen) atoms. The molecule has 1 aromatic heterocycles. The Bertz CT molecular complexity index is 1750. The van der Waals surface area contributed by atoms with E-state index in [0.29, 0.717) is 38.3 Å². The fourth-order valence-corrected chi connectivity index (χ4v) is 8.39. The number of hydrogen-bond donors (Lipinski definition) is 1. The van der Waals surface area contributed by atoms with E-state index in [0.717, 1.165) is 64.8 Å². The van der Waals surface area contributed by atoms with Crippen LogP contribution in [0.3, 0.4) is 0 Å². The molecule has 0 aliphatic heterocycles. The molecule has 0 radical (unpaired) electrons. The number of benzene rings is 3. The van der Waals surface area contributed by atoms with E-state index in [-0.39, 0.29) is 23.5 Å². The van der Waals surface area contributed by atoms with Crippen molar-refractivity contribution in [2.24, 2.45) is 0 Å². The zero-order chi connectivity index (χ0) is 30.9. The van der Waals surface area contributed by atoms with E-state index in [4.69, 9.17) is 16.3 Å². The molecule has 228 valence electrons. The van der Waals surface area contributed by atoms with Crippen LogP contribution in [0.4, 0.5) is 4.39 Å². The van der Waals surface area contributed by atoms with Crippen LogP contribution in [0.2, 0.25) is 5.02 Å². The average molecular weight is 643 g/mol. The van der Waals surface area contributed by atoms with Crippen LogP contribution < -0.4 is 10.1 Å². The second-order valence-electron chi connectivity index (χ2n) is 11.3. The van der Waals surface area contributed by atoms with Crippen molar-refractivity contribution in [3.05, 3.63) is 87.0 Å². The topological polar surface area (TPSA) is 75.7 Å². The number of amides is 1. The van der Waals surface area contributed by atoms with Gasteiger partial charge in [0.2, 0.25) is 0 Å². The number of thiophene rings is 1. The van der Waals surface area contributed by atoms with Crippen molar-refractivity contribution >= 4 is 48.8 Å². The third-order valence-electron chi connectivity index (χ3n) is 8.28. The highest BCUT2D eigenvalue weighted by Gasteiger charge is 2.32. The molecule has 5 rings (SSSR count). The monoisotopic (exact) mass is 642 g/mol. The molecule has 1 fully saturated rings. The van der Waals surface area contributed by atoms with Crippen LogP contribution in [0.1, 0.15) is 52.0 Å². The first-order valence-corrected chi connectivity index (χ1v) is 17.5. The molecule has 1 heterocycles. The van der Waals surface area contributed by atoms with Crippen molar-refractivity contribution in [2.45, 2.75) is 57.0 Å². The summed E-state index contributed by atoms with van der Waals surface area (Å²) in [6, 6.07) is 16.8. The summed E-state index contributed by atoms with van der Waals surface area (Å²) in [7, 11) is 0.437. The van der Waals surface area contributed by atoms with Gasteiger partial charge in [0.15, 0.2) is 9.84 Å². The molecule has 6 nitrogen and oxygen atoms in total. The lowest BCUT2D eigenvalue weighted by atomic mass is 9.89. The first kappa shape index (κ1) is 31.4. The summed E-state index contributed by atoms with van der Waals surface area (Å²) in [5.74, 6) is 0.0427. The Morgan fingerprint density at radius 3 is 2.35 bits per heavy atom. The molecule has 0 spiro atoms. The van der Waals surface area contributed by atoms with Crippen LogP contribution in [0.15, 0.2) is 54.6 Å². The highest BCUT2D eigenvalue weighted by atomic mass is 35.5. The van der Waals surface area contributed by atoms with Gasteiger partial charge in [-0.3, -0.25) is 4.79 Å². The maximum absolute atomic E-state index is 14.8. The number of hydrogen-bond acceptors (Lipinski definition) is 6. The molecule has 1 saturated carbocycles. The van der Waals surface area contributed by atoms with E-state index < -0.39 is 9.84 Å². The number of sulfone groups is 1. The van der Waals surface area contributed by atoms with Crippen LogP contribution in [-0.2, 0) is 22.1 Å². The van der Waals surface area contributed by atoms with Gasteiger partial charge in [-0.15, -0.1) is 11.3 Å². The molecule has 1 N–H and O–H groups in total. The first-order chi connectivity index (χ1) is 20.5. The largest absolute Gasteiger partial charge is 0.496 e. The fourth-order valence-electron chi connectivity index (χ4n) is 5.96. The lowest BCUT2D eigenvalue weighted by Crippen LogP contribution is -2.44. The number of methoxy groups -OCH3 is 1. The van der Waals surface area contributed by atoms with Crippen LogP contribution in [0, 0.1) is 12.7 Å². The maximum atomic E-state index is 14.8. The predicted octanol–water partition coefficient (Wildman–Crippen LogP) is 7.40. The third-order valence-corrected chi connectivity index (χ3v) is 10.8. The van der Waals surface area contributed by atoms with E-state index in [1.54, 1.807) is 13.2 Å². The minimum absolute atomic E-state index is 0.0161. The summed E-state index contributed by atoms with van der Waals surface area (Å²) in [6.45, 7) is 2.17. The number of fused-ring (bicyclic) bond motifs is 1. The highest BCUT2D eigenvalue weighted by Crippen LogP contribution is 2.41. The predicted molar refractivity (Wildman–Crippen MR) is 173 cm³/mol. The molecule has 3 aromatic carbocycles. The van der Waals surface area contributed by atoms with Crippen molar-refractivity contribution in [3.8, 4) is 16.9 Å². The quantitative estimate of drug-likeness (QED) is 0.206. The number of carbonyl (C=O) groups is 1. The van der Waals surface area contributed by atoms with Crippen molar-refractivity contribution in [1.29, 1.82) is 0 Å². The fraction of sp³-hybridized carbons (Fsp3) is 0.364. The van der Waals surface area contributed by atoms with Gasteiger partial charge in [-0.1, -0.05) is 48.0 Å². The number of aryl methyl sites for hydroxylation is 1. The minimum Gasteiger partial charge on any atom is -0.496 e. The number of halogens is 2. The summed E-state index contributed by atoms with van der Waals surface area (Å²) >= 11 is 7.91. The number of carbonyl (C=O) groups excluding carboxylic acids is 1. The van der Waals surface area contributed by atoms with Gasteiger partial charge in [0.25, 0.3) is 5.91 Å². The summed E-state index contributed by atoms with van der Waals surface area (Å²) in [5.41, 5.74) is 4.23. The Labute approximate surface area is 261 Å². The molecule has 4 aromatic rings. The SMILES string of the molecule is CN[C@H]1CC[C@H](N(Cc2cc(-c3ccc(CS(C)(=O)=O)cc3)ccc2OC)C(=O)c2sc3c(F)ccc(C)c3c2Cl)CC1. The van der Waals surface area contributed by atoms with Gasteiger partial charge in [-0.2, -0.15) is 0 Å². The van der Waals surface area contributed by atoms with E-state index in [2.05, 4.69) is 5.32 Å². The second kappa shape index (κ2) is 12.9. The lowest BCUT2D eigenvalue weighted by molar-refractivity contribution is 0.0604. The number of rotatable bonds is 9. The van der Waals surface area contributed by atoms with Crippen LogP contribution in [-0.4, -0.2) is 51.7 Å². The first-order valence-electron chi connectivity index (χ1n) is 14.3. The van der Waals surface area contributed by atoms with Gasteiger partial charge >= 0.3 is 0 Å². The molecule has 0 saturated heterocycles. The van der Waals surface area contributed by atoms with Crippen LogP contribution in [0.5, 0.6) is 5.75 Å². The van der Waals surface area contributed by atoms with Gasteiger partial charge in [0.05, 0.1) is 22.6 Å². The Kier molecular flexibility index (Phi) is 9.46. The molecular weight excluding hydrogens is 607 g/mol. The van der Waals surface area contributed by atoms with E-state index in [1.807, 2.05) is 61.3 Å². The zero-order valence-corrected chi connectivity index (χ0v) is 27.1. The average Bonchev–Trinajstić information content (AvgIpc) is 3.35. The Balaban J connectivity index is 1.52. The number of nitrogens with zero attached hydrogens (tertiary/aromatic N) is 1. The molecule has 0 unspecified atom stereocenters. The van der Waals surface area contributed by atoms with Crippen molar-refractivity contribution in [3.63, 3.8) is 0 Å². The van der Waals surface area contributed by atoms with E-state index >= 15 is 0 Å². The summed E-state index contributed by atoms with van der Waals surface area (Å²) in [6.07, 6.45) is 4.76. The van der Waals surface area contributed by atoms with Gasteiger partial charge in [-0.25, -0.2) is 12.8 Å². The molecule has 1 amide bonds. The Hall–Kier alpha value is -2.98. The number of nitrogens with one attached hydrogen (secondary N) is 1. The van der Waals surface area contributed by atoms with Crippen LogP contribution in [0.25, 0.3) is 21.2 Å². The summed E-state index contributed by atoms with van der Waals surface area (Å²) in [5, 5.41) is 4.24. The molecule has 1 aliphatic carbocycles. The maximum Gasteiger partial charge on any atom is 0.266 e. The van der Waals surface area contributed by atoms with E-state index in [1.165, 1.54) is 12.3 Å². The second-order valence-corrected chi connectivity index (χ2v) is 14.9. The third kappa shape index (κ3) is 6.90. The molecular formula is C33H36ClFN2O4S2. The van der Waals surface area contributed by atoms with Crippen molar-refractivity contribution in [1.82, 2.24) is 10.2 Å². The normalized spacial score (nSPS) is 17.3. The summed E-state index contributed by atoms with van der Waals surface area (Å²) < 4.78 is 44.4. The molecule has 1 aliphatic rings. The van der Waals surface area contributed by atoms with Gasteiger partial charge in [-0.05, 0) is 80.1 Å². The molecule has 0 bridgehead atoms. The van der Waals surface area contributed by atoms with Gasteiger partial charge < -0.3 is 15.0 Å². The molecule has 10 heteroatoms. The Morgan fingerprint density at radius 1 is 1.07 bits per heavy atom. The van der Waals surface area contributed by atoms with Crippen LogP contribution >= 0.6 is 22.9 Å². The van der Waals surface area contributed by atoms with E-state index in [9.17, 15) is 17.6 Å². The Morgan fingerprint density at radius 2 is 1.74 bits per heavy atom. The smallest absolute Gasteiger partial charge is 0.266 e. The summed E-state index contributed by atoms with van der Waals surface area (Å²) in [4.78, 5) is 16.6. The highest BCUT2D eigenvalue weighted by molar-refractivity contribution is 7.89. The van der Waals surface area contributed by atoms with Gasteiger partial charge in [0, 0.05) is 35.8 Å². The zero-order valence-electron chi connectivity index (χ0n) is 24.7. The standard InChI is InChI=1S/C33H36ClFN2O4S2/c1-20-5-15-27(35)31-29(20)30(34)32(42-31)33(38)37(26-13-11-25(36-2)12-14-26)18-24-17-23(10-16-28(24)41-3)22-8-6-21(7-9-22)19-43(4,39)40/h5-10,15-17,25-26,36H,11-14,18-19H2,1-4H3/t25-,26-. The lowest BCUT2D eigenvalue weighted by Gasteiger charge is -2.37. The minimum atomic E-state index is -3.14. The van der Waals surface area contributed by atoms with Crippen molar-refractivity contribution < 1.29 is 22.3 Å². The molecule has 0 atom stereocenters. The van der Waals surface area contributed by atoms with Gasteiger partial charge in [0.1, 0.15) is 16.4 Å². The number of ether oxygens (including phenoxy) is 1.